The molecular weight excluding hydrogens is 336 g/mol. The molecule has 1 aliphatic heterocycles. The van der Waals surface area contributed by atoms with Crippen LogP contribution in [0.4, 0.5) is 8.78 Å². The summed E-state index contributed by atoms with van der Waals surface area (Å²) in [4.78, 5) is 14.6. The number of hydrogen-bond donors (Lipinski definition) is 0. The van der Waals surface area contributed by atoms with Gasteiger partial charge in [-0.1, -0.05) is 18.2 Å². The number of likely N-dealkylation sites (tertiary alicyclic amines) is 1. The Morgan fingerprint density at radius 1 is 1.19 bits per heavy atom. The molecule has 1 atom stereocenters. The summed E-state index contributed by atoms with van der Waals surface area (Å²) in [6.45, 7) is 1.32. The second-order valence-electron chi connectivity index (χ2n) is 6.75. The average Bonchev–Trinajstić information content (AvgIpc) is 2.67. The van der Waals surface area contributed by atoms with E-state index in [1.54, 1.807) is 23.1 Å². The van der Waals surface area contributed by atoms with Crippen molar-refractivity contribution < 1.29 is 18.3 Å². The van der Waals surface area contributed by atoms with E-state index in [0.717, 1.165) is 31.2 Å². The van der Waals surface area contributed by atoms with Gasteiger partial charge in [-0.2, -0.15) is 0 Å². The van der Waals surface area contributed by atoms with Gasteiger partial charge in [-0.25, -0.2) is 8.78 Å². The van der Waals surface area contributed by atoms with Crippen molar-refractivity contribution >= 4 is 5.91 Å². The molecular formula is C21H23F2NO2. The Balaban J connectivity index is 1.63. The predicted molar refractivity (Wildman–Crippen MR) is 96.3 cm³/mol. The van der Waals surface area contributed by atoms with Crippen LogP contribution in [0, 0.1) is 17.6 Å². The number of ether oxygens (including phenoxy) is 1. The molecule has 0 unspecified atom stereocenters. The lowest BCUT2D eigenvalue weighted by Crippen LogP contribution is -2.40. The third-order valence-corrected chi connectivity index (χ3v) is 4.96. The number of hydrogen-bond acceptors (Lipinski definition) is 2. The van der Waals surface area contributed by atoms with Gasteiger partial charge in [-0.3, -0.25) is 4.79 Å². The van der Waals surface area contributed by atoms with E-state index < -0.39 is 5.82 Å². The summed E-state index contributed by atoms with van der Waals surface area (Å²) in [5, 5.41) is 0. The van der Waals surface area contributed by atoms with Crippen molar-refractivity contribution in [2.45, 2.75) is 25.7 Å². The highest BCUT2D eigenvalue weighted by Crippen LogP contribution is 2.27. The minimum Gasteiger partial charge on any atom is -0.493 e. The molecule has 0 N–H and O–H groups in total. The molecule has 0 radical (unpaired) electrons. The molecule has 5 heteroatoms. The number of amides is 1. The second kappa shape index (κ2) is 8.30. The Morgan fingerprint density at radius 3 is 2.69 bits per heavy atom. The fraction of sp³-hybridized carbons (Fsp3) is 0.381. The number of benzene rings is 2. The normalized spacial score (nSPS) is 17.2. The van der Waals surface area contributed by atoms with Gasteiger partial charge in [0.1, 0.15) is 5.82 Å². The molecule has 1 aliphatic rings. The van der Waals surface area contributed by atoms with Gasteiger partial charge in [0, 0.05) is 13.1 Å². The molecule has 0 aliphatic carbocycles. The van der Waals surface area contributed by atoms with Gasteiger partial charge in [0.25, 0.3) is 5.91 Å². The van der Waals surface area contributed by atoms with E-state index in [0.29, 0.717) is 19.0 Å². The van der Waals surface area contributed by atoms with Crippen LogP contribution in [-0.4, -0.2) is 31.0 Å². The van der Waals surface area contributed by atoms with Crippen LogP contribution < -0.4 is 4.74 Å². The minimum atomic E-state index is -0.525. The van der Waals surface area contributed by atoms with Gasteiger partial charge in [-0.05, 0) is 61.4 Å². The Labute approximate surface area is 152 Å². The first-order valence-corrected chi connectivity index (χ1v) is 8.94. The molecule has 1 heterocycles. The summed E-state index contributed by atoms with van der Waals surface area (Å²) in [6, 6.07) is 11.0. The molecule has 0 spiro atoms. The summed E-state index contributed by atoms with van der Waals surface area (Å²) in [5.41, 5.74) is 1.37. The van der Waals surface area contributed by atoms with E-state index in [2.05, 4.69) is 0 Å². The molecule has 0 saturated carbocycles. The monoisotopic (exact) mass is 359 g/mol. The standard InChI is InChI=1S/C21H23F2NO2/c1-26-20-18(5-2-6-19(20)23)21(25)24-13-3-4-16(14-24)8-7-15-9-11-17(22)12-10-15/h2,5-6,9-12,16H,3-4,7-8,13-14H2,1H3/t16-/m0/s1. The number of piperidine rings is 1. The maximum Gasteiger partial charge on any atom is 0.257 e. The van der Waals surface area contributed by atoms with E-state index in [9.17, 15) is 13.6 Å². The van der Waals surface area contributed by atoms with Crippen molar-refractivity contribution in [3.05, 3.63) is 65.2 Å². The van der Waals surface area contributed by atoms with Crippen molar-refractivity contribution in [1.82, 2.24) is 4.90 Å². The third-order valence-electron chi connectivity index (χ3n) is 4.96. The van der Waals surface area contributed by atoms with E-state index in [-0.39, 0.29) is 23.0 Å². The first-order chi connectivity index (χ1) is 12.6. The highest BCUT2D eigenvalue weighted by atomic mass is 19.1. The van der Waals surface area contributed by atoms with Crippen LogP contribution in [0.1, 0.15) is 35.2 Å². The maximum atomic E-state index is 13.9. The van der Waals surface area contributed by atoms with Crippen molar-refractivity contribution in [2.24, 2.45) is 5.92 Å². The topological polar surface area (TPSA) is 29.5 Å². The fourth-order valence-corrected chi connectivity index (χ4v) is 3.56. The van der Waals surface area contributed by atoms with Crippen LogP contribution in [0.3, 0.4) is 0 Å². The van der Waals surface area contributed by atoms with Gasteiger partial charge in [0.05, 0.1) is 12.7 Å². The lowest BCUT2D eigenvalue weighted by Gasteiger charge is -2.33. The van der Waals surface area contributed by atoms with Crippen LogP contribution in [-0.2, 0) is 6.42 Å². The van der Waals surface area contributed by atoms with Gasteiger partial charge in [0.15, 0.2) is 11.6 Å². The van der Waals surface area contributed by atoms with Crippen molar-refractivity contribution in [3.63, 3.8) is 0 Å². The van der Waals surface area contributed by atoms with Gasteiger partial charge in [0.2, 0.25) is 0 Å². The number of carbonyl (C=O) groups excluding carboxylic acids is 1. The molecule has 1 fully saturated rings. The summed E-state index contributed by atoms with van der Waals surface area (Å²) in [6.07, 6.45) is 3.79. The van der Waals surface area contributed by atoms with Gasteiger partial charge in [-0.15, -0.1) is 0 Å². The number of aryl methyl sites for hydroxylation is 1. The van der Waals surface area contributed by atoms with Gasteiger partial charge < -0.3 is 9.64 Å². The average molecular weight is 359 g/mol. The van der Waals surface area contributed by atoms with E-state index >= 15 is 0 Å². The molecule has 2 aromatic rings. The summed E-state index contributed by atoms with van der Waals surface area (Å²) in [5.74, 6) is -0.550. The van der Waals surface area contributed by atoms with Crippen LogP contribution >= 0.6 is 0 Å². The number of carbonyl (C=O) groups is 1. The largest absolute Gasteiger partial charge is 0.493 e. The Kier molecular flexibility index (Phi) is 5.86. The minimum absolute atomic E-state index is 0.00550. The van der Waals surface area contributed by atoms with E-state index in [1.807, 2.05) is 0 Å². The fourth-order valence-electron chi connectivity index (χ4n) is 3.56. The number of rotatable bonds is 5. The van der Waals surface area contributed by atoms with Gasteiger partial charge >= 0.3 is 0 Å². The molecule has 2 aromatic carbocycles. The van der Waals surface area contributed by atoms with Crippen LogP contribution in [0.5, 0.6) is 5.75 Å². The number of nitrogens with zero attached hydrogens (tertiary/aromatic N) is 1. The molecule has 3 rings (SSSR count). The molecule has 3 nitrogen and oxygen atoms in total. The highest BCUT2D eigenvalue weighted by Gasteiger charge is 2.27. The SMILES string of the molecule is COc1c(F)cccc1C(=O)N1CCC[C@@H](CCc2ccc(F)cc2)C1. The van der Waals surface area contributed by atoms with Crippen LogP contribution in [0.25, 0.3) is 0 Å². The third kappa shape index (κ3) is 4.21. The summed E-state index contributed by atoms with van der Waals surface area (Å²) < 4.78 is 31.9. The molecule has 0 aromatic heterocycles. The summed E-state index contributed by atoms with van der Waals surface area (Å²) in [7, 11) is 1.37. The van der Waals surface area contributed by atoms with Crippen molar-refractivity contribution in [2.75, 3.05) is 20.2 Å². The Bertz CT molecular complexity index is 761. The lowest BCUT2D eigenvalue weighted by molar-refractivity contribution is 0.0664. The first kappa shape index (κ1) is 18.4. The molecule has 138 valence electrons. The van der Waals surface area contributed by atoms with E-state index in [1.165, 1.54) is 31.4 Å². The van der Waals surface area contributed by atoms with Crippen LogP contribution in [0.2, 0.25) is 0 Å². The number of halogens is 2. The zero-order chi connectivity index (χ0) is 18.5. The van der Waals surface area contributed by atoms with Crippen LogP contribution in [0.15, 0.2) is 42.5 Å². The predicted octanol–water partition coefficient (Wildman–Crippen LogP) is 4.46. The molecule has 26 heavy (non-hydrogen) atoms. The zero-order valence-corrected chi connectivity index (χ0v) is 14.9. The Hall–Kier alpha value is -2.43. The highest BCUT2D eigenvalue weighted by molar-refractivity contribution is 5.97. The molecule has 1 saturated heterocycles. The van der Waals surface area contributed by atoms with Crippen molar-refractivity contribution in [1.29, 1.82) is 0 Å². The molecule has 1 amide bonds. The first-order valence-electron chi connectivity index (χ1n) is 8.94. The number of methoxy groups -OCH3 is 1. The lowest BCUT2D eigenvalue weighted by atomic mass is 9.91. The molecule has 0 bridgehead atoms. The van der Waals surface area contributed by atoms with E-state index in [4.69, 9.17) is 4.74 Å². The number of para-hydroxylation sites is 1. The maximum absolute atomic E-state index is 13.9. The zero-order valence-electron chi connectivity index (χ0n) is 14.9. The Morgan fingerprint density at radius 2 is 1.96 bits per heavy atom. The quantitative estimate of drug-likeness (QED) is 0.789. The summed E-state index contributed by atoms with van der Waals surface area (Å²) >= 11 is 0. The second-order valence-corrected chi connectivity index (χ2v) is 6.75. The van der Waals surface area contributed by atoms with Crippen molar-refractivity contribution in [3.8, 4) is 5.75 Å². The smallest absolute Gasteiger partial charge is 0.257 e.